The Labute approximate surface area is 191 Å². The zero-order valence-corrected chi connectivity index (χ0v) is 19.4. The van der Waals surface area contributed by atoms with Gasteiger partial charge in [-0.15, -0.1) is 0 Å². The highest BCUT2D eigenvalue weighted by atomic mass is 35.5. The van der Waals surface area contributed by atoms with Gasteiger partial charge >= 0.3 is 6.03 Å². The third-order valence-electron chi connectivity index (χ3n) is 4.24. The van der Waals surface area contributed by atoms with E-state index in [1.165, 1.54) is 0 Å². The van der Waals surface area contributed by atoms with Gasteiger partial charge in [-0.1, -0.05) is 47.8 Å². The van der Waals surface area contributed by atoms with Crippen LogP contribution in [0.25, 0.3) is 0 Å². The minimum absolute atomic E-state index is 0.191. The van der Waals surface area contributed by atoms with Gasteiger partial charge < -0.3 is 24.4 Å². The second-order valence-corrected chi connectivity index (χ2v) is 7.63. The van der Waals surface area contributed by atoms with Crippen LogP contribution in [0.4, 0.5) is 4.79 Å². The molecular weight excluding hydrogens is 451 g/mol. The largest absolute Gasteiger partial charge is 0.493 e. The monoisotopic (exact) mass is 474 g/mol. The van der Waals surface area contributed by atoms with E-state index in [1.54, 1.807) is 37.3 Å². The Morgan fingerprint density at radius 2 is 1.67 bits per heavy atom. The Balaban J connectivity index is 1.93. The predicted octanol–water partition coefficient (Wildman–Crippen LogP) is 5.66. The van der Waals surface area contributed by atoms with Gasteiger partial charge in [-0.05, 0) is 36.2 Å². The van der Waals surface area contributed by atoms with Crippen LogP contribution >= 0.6 is 34.8 Å². The Kier molecular flexibility index (Phi) is 9.69. The minimum atomic E-state index is -0.191. The van der Waals surface area contributed by atoms with Crippen LogP contribution in [0.15, 0.2) is 30.3 Å². The fourth-order valence-corrected chi connectivity index (χ4v) is 3.72. The van der Waals surface area contributed by atoms with Crippen LogP contribution in [0.1, 0.15) is 18.9 Å². The number of amides is 2. The van der Waals surface area contributed by atoms with E-state index < -0.39 is 0 Å². The maximum atomic E-state index is 12.6. The Bertz CT molecular complexity index is 841. The summed E-state index contributed by atoms with van der Waals surface area (Å²) < 4.78 is 16.2. The third-order valence-corrected chi connectivity index (χ3v) is 5.02. The van der Waals surface area contributed by atoms with Crippen molar-refractivity contribution < 1.29 is 19.0 Å². The topological polar surface area (TPSA) is 60.0 Å². The molecular formula is C21H25Cl3N2O4. The maximum absolute atomic E-state index is 12.6. The molecule has 2 amide bonds. The van der Waals surface area contributed by atoms with Crippen LogP contribution < -0.4 is 19.5 Å². The highest BCUT2D eigenvalue weighted by Crippen LogP contribution is 2.35. The van der Waals surface area contributed by atoms with Crippen molar-refractivity contribution in [2.45, 2.75) is 19.9 Å². The number of hydrogen-bond donors (Lipinski definition) is 1. The van der Waals surface area contributed by atoms with E-state index >= 15 is 0 Å². The summed E-state index contributed by atoms with van der Waals surface area (Å²) in [4.78, 5) is 14.3. The number of halogens is 3. The van der Waals surface area contributed by atoms with Crippen molar-refractivity contribution in [2.24, 2.45) is 0 Å². The second-order valence-electron chi connectivity index (χ2n) is 6.38. The molecule has 164 valence electrons. The van der Waals surface area contributed by atoms with Crippen molar-refractivity contribution in [3.63, 3.8) is 0 Å². The number of carbonyl (C=O) groups excluding carboxylic acids is 1. The summed E-state index contributed by atoms with van der Waals surface area (Å²) in [5, 5.41) is 4.00. The van der Waals surface area contributed by atoms with Gasteiger partial charge in [0.2, 0.25) is 0 Å². The molecule has 0 spiro atoms. The van der Waals surface area contributed by atoms with E-state index in [2.05, 4.69) is 5.32 Å². The molecule has 0 aliphatic rings. The first-order valence-corrected chi connectivity index (χ1v) is 10.5. The molecule has 0 saturated heterocycles. The Morgan fingerprint density at radius 3 is 2.27 bits per heavy atom. The number of methoxy groups -OCH3 is 2. The standard InChI is InChI=1S/C21H25Cl3N2O4/c1-4-7-26(8-9-30-20-16(23)11-15(22)12-17(20)24)21(27)25-13-14-5-6-18(28-2)19(10-14)29-3/h5-6,10-12H,4,7-9,13H2,1-3H3,(H,25,27). The van der Waals surface area contributed by atoms with Crippen LogP contribution in [0, 0.1) is 0 Å². The van der Waals surface area contributed by atoms with E-state index in [-0.39, 0.29) is 12.6 Å². The molecule has 0 unspecified atom stereocenters. The molecule has 0 aliphatic carbocycles. The first-order valence-electron chi connectivity index (χ1n) is 9.40. The Hall–Kier alpha value is -2.02. The summed E-state index contributed by atoms with van der Waals surface area (Å²) in [6, 6.07) is 8.44. The van der Waals surface area contributed by atoms with Gasteiger partial charge in [0.05, 0.1) is 30.8 Å². The molecule has 0 aliphatic heterocycles. The average Bonchev–Trinajstić information content (AvgIpc) is 2.72. The normalized spacial score (nSPS) is 10.5. The van der Waals surface area contributed by atoms with Crippen LogP contribution in [0.2, 0.25) is 15.1 Å². The summed E-state index contributed by atoms with van der Waals surface area (Å²) in [5.74, 6) is 1.60. The number of nitrogens with zero attached hydrogens (tertiary/aromatic N) is 1. The molecule has 2 aromatic carbocycles. The molecule has 0 radical (unpaired) electrons. The van der Waals surface area contributed by atoms with Gasteiger partial charge in [0.25, 0.3) is 0 Å². The number of nitrogens with one attached hydrogen (secondary N) is 1. The van der Waals surface area contributed by atoms with Crippen LogP contribution in [0.5, 0.6) is 17.2 Å². The van der Waals surface area contributed by atoms with E-state index in [4.69, 9.17) is 49.0 Å². The first-order chi connectivity index (χ1) is 14.4. The smallest absolute Gasteiger partial charge is 0.317 e. The lowest BCUT2D eigenvalue weighted by Crippen LogP contribution is -2.42. The fraction of sp³-hybridized carbons (Fsp3) is 0.381. The summed E-state index contributed by atoms with van der Waals surface area (Å²) in [6.07, 6.45) is 0.812. The number of hydrogen-bond acceptors (Lipinski definition) is 4. The highest BCUT2D eigenvalue weighted by Gasteiger charge is 2.15. The molecule has 0 fully saturated rings. The van der Waals surface area contributed by atoms with Crippen molar-refractivity contribution in [3.8, 4) is 17.2 Å². The molecule has 0 atom stereocenters. The predicted molar refractivity (Wildman–Crippen MR) is 121 cm³/mol. The zero-order valence-electron chi connectivity index (χ0n) is 17.1. The van der Waals surface area contributed by atoms with Gasteiger partial charge in [0, 0.05) is 18.1 Å². The Morgan fingerprint density at radius 1 is 1.00 bits per heavy atom. The third kappa shape index (κ3) is 6.76. The number of ether oxygens (including phenoxy) is 3. The SMILES string of the molecule is CCCN(CCOc1c(Cl)cc(Cl)cc1Cl)C(=O)NCc1ccc(OC)c(OC)c1. The van der Waals surface area contributed by atoms with Crippen LogP contribution in [0.3, 0.4) is 0 Å². The van der Waals surface area contributed by atoms with Crippen molar-refractivity contribution in [1.82, 2.24) is 10.2 Å². The van der Waals surface area contributed by atoms with E-state index in [1.807, 2.05) is 19.1 Å². The molecule has 2 aromatic rings. The molecule has 2 rings (SSSR count). The molecule has 0 bridgehead atoms. The van der Waals surface area contributed by atoms with E-state index in [9.17, 15) is 4.79 Å². The number of rotatable bonds is 10. The number of carbonyl (C=O) groups is 1. The first kappa shape index (κ1) is 24.3. The lowest BCUT2D eigenvalue weighted by atomic mass is 10.2. The van der Waals surface area contributed by atoms with Crippen LogP contribution in [-0.4, -0.2) is 44.8 Å². The summed E-state index contributed by atoms with van der Waals surface area (Å²) in [5.41, 5.74) is 0.897. The van der Waals surface area contributed by atoms with Crippen molar-refractivity contribution in [3.05, 3.63) is 51.0 Å². The summed E-state index contributed by atoms with van der Waals surface area (Å²) in [7, 11) is 3.15. The zero-order chi connectivity index (χ0) is 22.1. The average molecular weight is 476 g/mol. The molecule has 0 aromatic heterocycles. The van der Waals surface area contributed by atoms with Gasteiger partial charge in [-0.3, -0.25) is 0 Å². The molecule has 0 saturated carbocycles. The second kappa shape index (κ2) is 12.0. The van der Waals surface area contributed by atoms with Crippen LogP contribution in [-0.2, 0) is 6.54 Å². The highest BCUT2D eigenvalue weighted by molar-refractivity contribution is 6.40. The quantitative estimate of drug-likeness (QED) is 0.481. The van der Waals surface area contributed by atoms with Gasteiger partial charge in [-0.25, -0.2) is 4.79 Å². The number of urea groups is 1. The van der Waals surface area contributed by atoms with Crippen molar-refractivity contribution >= 4 is 40.8 Å². The van der Waals surface area contributed by atoms with Gasteiger partial charge in [-0.2, -0.15) is 0 Å². The molecule has 6 nitrogen and oxygen atoms in total. The van der Waals surface area contributed by atoms with Gasteiger partial charge in [0.15, 0.2) is 17.2 Å². The van der Waals surface area contributed by atoms with E-state index in [0.717, 1.165) is 12.0 Å². The molecule has 0 heterocycles. The fourth-order valence-electron chi connectivity index (χ4n) is 2.79. The van der Waals surface area contributed by atoms with Crippen molar-refractivity contribution in [1.29, 1.82) is 0 Å². The molecule has 1 N–H and O–H groups in total. The van der Waals surface area contributed by atoms with Gasteiger partial charge in [0.1, 0.15) is 6.61 Å². The van der Waals surface area contributed by atoms with E-state index in [0.29, 0.717) is 52.0 Å². The number of benzene rings is 2. The lowest BCUT2D eigenvalue weighted by Gasteiger charge is -2.23. The maximum Gasteiger partial charge on any atom is 0.317 e. The molecule has 30 heavy (non-hydrogen) atoms. The summed E-state index contributed by atoms with van der Waals surface area (Å²) in [6.45, 7) is 3.56. The lowest BCUT2D eigenvalue weighted by molar-refractivity contribution is 0.182. The summed E-state index contributed by atoms with van der Waals surface area (Å²) >= 11 is 18.2. The molecule has 9 heteroatoms. The van der Waals surface area contributed by atoms with Crippen molar-refractivity contribution in [2.75, 3.05) is 33.9 Å². The minimum Gasteiger partial charge on any atom is -0.493 e.